The zero-order valence-corrected chi connectivity index (χ0v) is 14.4. The molecule has 3 N–H and O–H groups in total. The predicted octanol–water partition coefficient (Wildman–Crippen LogP) is 2.71. The van der Waals surface area contributed by atoms with Gasteiger partial charge in [-0.05, 0) is 37.3 Å². The molecule has 2 rings (SSSR count). The second-order valence-corrected chi connectivity index (χ2v) is 6.60. The van der Waals surface area contributed by atoms with Crippen LogP contribution >= 0.6 is 0 Å². The van der Waals surface area contributed by atoms with Crippen LogP contribution in [-0.2, 0) is 14.3 Å². The van der Waals surface area contributed by atoms with E-state index in [1.54, 1.807) is 6.92 Å². The molecule has 1 aromatic carbocycles. The van der Waals surface area contributed by atoms with Crippen molar-refractivity contribution in [2.75, 3.05) is 13.2 Å². The van der Waals surface area contributed by atoms with Crippen LogP contribution in [0.2, 0.25) is 0 Å². The number of amides is 1. The maximum atomic E-state index is 12.6. The first-order valence-corrected chi connectivity index (χ1v) is 8.81. The molecule has 1 aliphatic rings. The summed E-state index contributed by atoms with van der Waals surface area (Å²) in [5, 5.41) is 2.86. The molecule has 1 aliphatic carbocycles. The van der Waals surface area contributed by atoms with Crippen LogP contribution in [0.4, 0.5) is 0 Å². The molecule has 5 nitrogen and oxygen atoms in total. The SMILES string of the molecule is CCOC(=O)[C@H](NC(=O)CC1(CN)CCCCC1)c1ccccc1. The molecule has 0 bridgehead atoms. The molecule has 0 heterocycles. The van der Waals surface area contributed by atoms with Crippen LogP contribution in [0.25, 0.3) is 0 Å². The van der Waals surface area contributed by atoms with Gasteiger partial charge in [0, 0.05) is 6.42 Å². The number of carbonyl (C=O) groups excluding carboxylic acids is 2. The summed E-state index contributed by atoms with van der Waals surface area (Å²) in [6.07, 6.45) is 5.76. The van der Waals surface area contributed by atoms with Crippen LogP contribution in [0.1, 0.15) is 57.1 Å². The van der Waals surface area contributed by atoms with Crippen LogP contribution in [0.5, 0.6) is 0 Å². The molecule has 5 heteroatoms. The second kappa shape index (κ2) is 8.83. The maximum Gasteiger partial charge on any atom is 0.333 e. The minimum atomic E-state index is -0.767. The van der Waals surface area contributed by atoms with Gasteiger partial charge in [0.05, 0.1) is 6.61 Å². The fourth-order valence-corrected chi connectivity index (χ4v) is 3.46. The van der Waals surface area contributed by atoms with Crippen molar-refractivity contribution in [3.8, 4) is 0 Å². The summed E-state index contributed by atoms with van der Waals surface area (Å²) in [7, 11) is 0. The van der Waals surface area contributed by atoms with Crippen molar-refractivity contribution in [2.24, 2.45) is 11.1 Å². The zero-order valence-electron chi connectivity index (χ0n) is 14.4. The lowest BCUT2D eigenvalue weighted by Gasteiger charge is -2.36. The van der Waals surface area contributed by atoms with E-state index >= 15 is 0 Å². The van der Waals surface area contributed by atoms with Gasteiger partial charge in [-0.1, -0.05) is 49.6 Å². The van der Waals surface area contributed by atoms with E-state index in [0.29, 0.717) is 13.0 Å². The molecule has 1 aromatic rings. The second-order valence-electron chi connectivity index (χ2n) is 6.60. The standard InChI is InChI=1S/C19H28N2O3/c1-2-24-18(23)17(15-9-5-3-6-10-15)21-16(22)13-19(14-20)11-7-4-8-12-19/h3,5-6,9-10,17H,2,4,7-8,11-14,20H2,1H3,(H,21,22)/t17-/m1/s1. The summed E-state index contributed by atoms with van der Waals surface area (Å²) in [6, 6.07) is 8.44. The number of nitrogens with one attached hydrogen (secondary N) is 1. The van der Waals surface area contributed by atoms with Crippen LogP contribution < -0.4 is 11.1 Å². The highest BCUT2D eigenvalue weighted by Gasteiger charge is 2.34. The lowest BCUT2D eigenvalue weighted by atomic mass is 9.71. The lowest BCUT2D eigenvalue weighted by molar-refractivity contribution is -0.148. The summed E-state index contributed by atoms with van der Waals surface area (Å²) in [6.45, 7) is 2.55. The van der Waals surface area contributed by atoms with Gasteiger partial charge >= 0.3 is 5.97 Å². The first-order valence-electron chi connectivity index (χ1n) is 8.81. The van der Waals surface area contributed by atoms with Gasteiger partial charge < -0.3 is 15.8 Å². The third kappa shape index (κ3) is 4.81. The minimum absolute atomic E-state index is 0.127. The van der Waals surface area contributed by atoms with Gasteiger partial charge in [0.15, 0.2) is 6.04 Å². The van der Waals surface area contributed by atoms with Crippen LogP contribution in [0.3, 0.4) is 0 Å². The normalized spacial score (nSPS) is 17.8. The van der Waals surface area contributed by atoms with Crippen molar-refractivity contribution in [1.29, 1.82) is 0 Å². The van der Waals surface area contributed by atoms with E-state index < -0.39 is 12.0 Å². The van der Waals surface area contributed by atoms with Crippen LogP contribution in [-0.4, -0.2) is 25.0 Å². The van der Waals surface area contributed by atoms with Gasteiger partial charge in [0.25, 0.3) is 0 Å². The molecule has 1 amide bonds. The Balaban J connectivity index is 2.08. The Hall–Kier alpha value is -1.88. The average Bonchev–Trinajstić information content (AvgIpc) is 2.61. The van der Waals surface area contributed by atoms with Gasteiger partial charge in [0.2, 0.25) is 5.91 Å². The van der Waals surface area contributed by atoms with Crippen LogP contribution in [0, 0.1) is 5.41 Å². The third-order valence-electron chi connectivity index (χ3n) is 4.84. The number of nitrogens with two attached hydrogens (primary N) is 1. The van der Waals surface area contributed by atoms with Gasteiger partial charge in [-0.25, -0.2) is 4.79 Å². The Morgan fingerprint density at radius 2 is 1.88 bits per heavy atom. The fourth-order valence-electron chi connectivity index (χ4n) is 3.46. The topological polar surface area (TPSA) is 81.4 Å². The van der Waals surface area contributed by atoms with Gasteiger partial charge in [-0.2, -0.15) is 0 Å². The van der Waals surface area contributed by atoms with Crippen molar-refractivity contribution >= 4 is 11.9 Å². The number of rotatable bonds is 7. The first-order chi connectivity index (χ1) is 11.6. The molecule has 1 fully saturated rings. The predicted molar refractivity (Wildman–Crippen MR) is 93.1 cm³/mol. The molecule has 0 aliphatic heterocycles. The van der Waals surface area contributed by atoms with E-state index in [9.17, 15) is 9.59 Å². The molecular weight excluding hydrogens is 304 g/mol. The molecule has 1 atom stereocenters. The van der Waals surface area contributed by atoms with Crippen molar-refractivity contribution in [2.45, 2.75) is 51.5 Å². The molecule has 0 spiro atoms. The molecule has 24 heavy (non-hydrogen) atoms. The summed E-state index contributed by atoms with van der Waals surface area (Å²) in [4.78, 5) is 24.9. The monoisotopic (exact) mass is 332 g/mol. The Bertz CT molecular complexity index is 539. The summed E-state index contributed by atoms with van der Waals surface area (Å²) in [5.41, 5.74) is 6.57. The summed E-state index contributed by atoms with van der Waals surface area (Å²) >= 11 is 0. The largest absolute Gasteiger partial charge is 0.464 e. The fraction of sp³-hybridized carbons (Fsp3) is 0.579. The molecule has 1 saturated carbocycles. The highest BCUT2D eigenvalue weighted by Crippen LogP contribution is 2.38. The number of carbonyl (C=O) groups is 2. The molecule has 132 valence electrons. The van der Waals surface area contributed by atoms with Gasteiger partial charge in [-0.3, -0.25) is 4.79 Å². The van der Waals surface area contributed by atoms with E-state index in [1.165, 1.54) is 6.42 Å². The molecule has 0 unspecified atom stereocenters. The average molecular weight is 332 g/mol. The molecule has 0 saturated heterocycles. The van der Waals surface area contributed by atoms with Gasteiger partial charge in [0.1, 0.15) is 0 Å². The smallest absolute Gasteiger partial charge is 0.333 e. The van der Waals surface area contributed by atoms with E-state index in [4.69, 9.17) is 10.5 Å². The number of benzene rings is 1. The van der Waals surface area contributed by atoms with Crippen molar-refractivity contribution in [3.63, 3.8) is 0 Å². The Morgan fingerprint density at radius 3 is 2.46 bits per heavy atom. The molecule has 0 aromatic heterocycles. The Kier molecular flexibility index (Phi) is 6.79. The summed E-state index contributed by atoms with van der Waals surface area (Å²) < 4.78 is 5.12. The Labute approximate surface area is 143 Å². The number of esters is 1. The molecular formula is C19H28N2O3. The Morgan fingerprint density at radius 1 is 1.21 bits per heavy atom. The van der Waals surface area contributed by atoms with E-state index in [2.05, 4.69) is 5.32 Å². The number of hydrogen-bond donors (Lipinski definition) is 2. The zero-order chi connectivity index (χ0) is 17.4. The minimum Gasteiger partial charge on any atom is -0.464 e. The van der Waals surface area contributed by atoms with E-state index in [0.717, 1.165) is 31.2 Å². The van der Waals surface area contributed by atoms with E-state index in [1.807, 2.05) is 30.3 Å². The quantitative estimate of drug-likeness (QED) is 0.752. The third-order valence-corrected chi connectivity index (χ3v) is 4.84. The van der Waals surface area contributed by atoms with Crippen molar-refractivity contribution in [1.82, 2.24) is 5.32 Å². The number of hydrogen-bond acceptors (Lipinski definition) is 4. The summed E-state index contributed by atoms with van der Waals surface area (Å²) in [5.74, 6) is -0.563. The van der Waals surface area contributed by atoms with E-state index in [-0.39, 0.29) is 17.9 Å². The van der Waals surface area contributed by atoms with Crippen molar-refractivity contribution in [3.05, 3.63) is 35.9 Å². The number of ether oxygens (including phenoxy) is 1. The highest BCUT2D eigenvalue weighted by molar-refractivity contribution is 5.85. The van der Waals surface area contributed by atoms with Gasteiger partial charge in [-0.15, -0.1) is 0 Å². The molecule has 0 radical (unpaired) electrons. The van der Waals surface area contributed by atoms with Crippen molar-refractivity contribution < 1.29 is 14.3 Å². The first kappa shape index (κ1) is 18.5. The van der Waals surface area contributed by atoms with Crippen LogP contribution in [0.15, 0.2) is 30.3 Å². The highest BCUT2D eigenvalue weighted by atomic mass is 16.5. The lowest BCUT2D eigenvalue weighted by Crippen LogP contribution is -2.41. The maximum absolute atomic E-state index is 12.6.